The summed E-state index contributed by atoms with van der Waals surface area (Å²) in [4.78, 5) is 20.5. The number of aryl methyl sites for hydroxylation is 2. The van der Waals surface area contributed by atoms with Gasteiger partial charge in [0.25, 0.3) is 0 Å². The number of nitrogens with zero attached hydrogens (tertiary/aromatic N) is 5. The fourth-order valence-electron chi connectivity index (χ4n) is 4.01. The second-order valence-corrected chi connectivity index (χ2v) is 6.87. The van der Waals surface area contributed by atoms with Crippen LogP contribution in [0.3, 0.4) is 0 Å². The molecule has 0 aliphatic carbocycles. The molecule has 0 fully saturated rings. The average Bonchev–Trinajstić information content (AvgIpc) is 3.04. The SMILES string of the molecule is CCn1nc(N2CCCc3cc(OC)ncc32)c2c1CCN(C(C)=O)C2. The van der Waals surface area contributed by atoms with Crippen LogP contribution in [0.25, 0.3) is 0 Å². The molecular weight excluding hydrogens is 330 g/mol. The lowest BCUT2D eigenvalue weighted by Gasteiger charge is -2.32. The lowest BCUT2D eigenvalue weighted by atomic mass is 10.0. The van der Waals surface area contributed by atoms with Crippen LogP contribution in [0.5, 0.6) is 5.88 Å². The summed E-state index contributed by atoms with van der Waals surface area (Å²) in [6.07, 6.45) is 4.82. The Morgan fingerprint density at radius 1 is 1.31 bits per heavy atom. The topological polar surface area (TPSA) is 63.5 Å². The number of fused-ring (bicyclic) bond motifs is 2. The lowest BCUT2D eigenvalue weighted by molar-refractivity contribution is -0.129. The van der Waals surface area contributed by atoms with Crippen molar-refractivity contribution in [2.45, 2.75) is 46.2 Å². The van der Waals surface area contributed by atoms with E-state index in [0.29, 0.717) is 12.4 Å². The van der Waals surface area contributed by atoms with E-state index in [9.17, 15) is 4.79 Å². The molecule has 1 amide bonds. The molecule has 4 rings (SSSR count). The van der Waals surface area contributed by atoms with Crippen molar-refractivity contribution in [3.05, 3.63) is 29.1 Å². The molecule has 7 heteroatoms. The van der Waals surface area contributed by atoms with Crippen molar-refractivity contribution in [3.63, 3.8) is 0 Å². The van der Waals surface area contributed by atoms with Crippen LogP contribution in [0, 0.1) is 0 Å². The molecule has 0 saturated carbocycles. The van der Waals surface area contributed by atoms with Crippen LogP contribution in [0.15, 0.2) is 12.3 Å². The van der Waals surface area contributed by atoms with Crippen molar-refractivity contribution in [2.75, 3.05) is 25.1 Å². The first kappa shape index (κ1) is 16.9. The highest BCUT2D eigenvalue weighted by Gasteiger charge is 2.30. The van der Waals surface area contributed by atoms with Crippen LogP contribution >= 0.6 is 0 Å². The van der Waals surface area contributed by atoms with Gasteiger partial charge in [-0.15, -0.1) is 0 Å². The van der Waals surface area contributed by atoms with Crippen LogP contribution in [0.4, 0.5) is 11.5 Å². The molecule has 0 atom stereocenters. The van der Waals surface area contributed by atoms with Gasteiger partial charge in [0.2, 0.25) is 11.8 Å². The van der Waals surface area contributed by atoms with E-state index >= 15 is 0 Å². The predicted octanol–water partition coefficient (Wildman–Crippen LogP) is 2.30. The molecular formula is C19H25N5O2. The first-order valence-corrected chi connectivity index (χ1v) is 9.27. The van der Waals surface area contributed by atoms with Crippen LogP contribution in [0.2, 0.25) is 0 Å². The van der Waals surface area contributed by atoms with E-state index in [-0.39, 0.29) is 5.91 Å². The lowest BCUT2D eigenvalue weighted by Crippen LogP contribution is -2.35. The molecule has 2 aliphatic rings. The van der Waals surface area contributed by atoms with Crippen LogP contribution < -0.4 is 9.64 Å². The van der Waals surface area contributed by atoms with Gasteiger partial charge in [0.05, 0.1) is 25.5 Å². The number of rotatable bonds is 3. The summed E-state index contributed by atoms with van der Waals surface area (Å²) < 4.78 is 7.37. The van der Waals surface area contributed by atoms with Gasteiger partial charge in [-0.05, 0) is 25.3 Å². The molecule has 4 heterocycles. The third-order valence-corrected chi connectivity index (χ3v) is 5.38. The largest absolute Gasteiger partial charge is 0.481 e. The number of hydrogen-bond acceptors (Lipinski definition) is 5. The number of hydrogen-bond donors (Lipinski definition) is 0. The summed E-state index contributed by atoms with van der Waals surface area (Å²) in [6, 6.07) is 2.02. The number of anilines is 2. The highest BCUT2D eigenvalue weighted by Crippen LogP contribution is 2.38. The number of amides is 1. The highest BCUT2D eigenvalue weighted by molar-refractivity contribution is 5.75. The maximum absolute atomic E-state index is 11.9. The van der Waals surface area contributed by atoms with Gasteiger partial charge < -0.3 is 14.5 Å². The van der Waals surface area contributed by atoms with Crippen LogP contribution in [0.1, 0.15) is 37.1 Å². The molecule has 138 valence electrons. The Kier molecular flexibility index (Phi) is 4.30. The first-order valence-electron chi connectivity index (χ1n) is 9.27. The Labute approximate surface area is 153 Å². The number of ether oxygens (including phenoxy) is 1. The quantitative estimate of drug-likeness (QED) is 0.845. The van der Waals surface area contributed by atoms with E-state index in [1.54, 1.807) is 14.0 Å². The minimum absolute atomic E-state index is 0.122. The molecule has 0 N–H and O–H groups in total. The molecule has 0 saturated heterocycles. The van der Waals surface area contributed by atoms with Gasteiger partial charge in [-0.2, -0.15) is 5.10 Å². The Hall–Kier alpha value is -2.57. The standard InChI is InChI=1S/C19H25N5O2/c1-4-24-16-7-9-22(13(2)25)12-15(16)19(21-24)23-8-5-6-14-10-18(26-3)20-11-17(14)23/h10-11H,4-9,12H2,1-3H3. The maximum atomic E-state index is 11.9. The molecule has 0 spiro atoms. The van der Waals surface area contributed by atoms with Crippen LogP contribution in [-0.2, 0) is 30.7 Å². The van der Waals surface area contributed by atoms with Crippen molar-refractivity contribution in [2.24, 2.45) is 0 Å². The van der Waals surface area contributed by atoms with E-state index in [0.717, 1.165) is 50.4 Å². The summed E-state index contributed by atoms with van der Waals surface area (Å²) in [5.74, 6) is 1.74. The number of carbonyl (C=O) groups excluding carboxylic acids is 1. The summed E-state index contributed by atoms with van der Waals surface area (Å²) in [6.45, 7) is 6.91. The van der Waals surface area contributed by atoms with Crippen molar-refractivity contribution in [3.8, 4) is 5.88 Å². The van der Waals surface area contributed by atoms with Crippen LogP contribution in [-0.4, -0.2) is 45.8 Å². The van der Waals surface area contributed by atoms with E-state index in [2.05, 4.69) is 21.5 Å². The maximum Gasteiger partial charge on any atom is 0.219 e. The summed E-state index contributed by atoms with van der Waals surface area (Å²) in [5, 5.41) is 4.91. The van der Waals surface area contributed by atoms with Crippen molar-refractivity contribution >= 4 is 17.4 Å². The number of pyridine rings is 1. The minimum Gasteiger partial charge on any atom is -0.481 e. The zero-order valence-electron chi connectivity index (χ0n) is 15.7. The molecule has 2 aromatic rings. The molecule has 2 aliphatic heterocycles. The van der Waals surface area contributed by atoms with Crippen molar-refractivity contribution < 1.29 is 9.53 Å². The fraction of sp³-hybridized carbons (Fsp3) is 0.526. The molecule has 7 nitrogen and oxygen atoms in total. The van der Waals surface area contributed by atoms with E-state index < -0.39 is 0 Å². The monoisotopic (exact) mass is 355 g/mol. The average molecular weight is 355 g/mol. The van der Waals surface area contributed by atoms with E-state index in [1.807, 2.05) is 17.2 Å². The summed E-state index contributed by atoms with van der Waals surface area (Å²) in [7, 11) is 1.64. The van der Waals surface area contributed by atoms with Gasteiger partial charge in [0.1, 0.15) is 0 Å². The Morgan fingerprint density at radius 3 is 2.88 bits per heavy atom. The highest BCUT2D eigenvalue weighted by atomic mass is 16.5. The zero-order valence-corrected chi connectivity index (χ0v) is 15.7. The van der Waals surface area contributed by atoms with Crippen molar-refractivity contribution in [1.29, 1.82) is 0 Å². The first-order chi connectivity index (χ1) is 12.6. The second-order valence-electron chi connectivity index (χ2n) is 6.87. The van der Waals surface area contributed by atoms with Gasteiger partial charge in [0, 0.05) is 50.3 Å². The minimum atomic E-state index is 0.122. The Morgan fingerprint density at radius 2 is 2.15 bits per heavy atom. The molecule has 0 bridgehead atoms. The molecule has 26 heavy (non-hydrogen) atoms. The molecule has 0 aromatic carbocycles. The predicted molar refractivity (Wildman–Crippen MR) is 98.8 cm³/mol. The van der Waals surface area contributed by atoms with E-state index in [1.165, 1.54) is 16.8 Å². The molecule has 0 unspecified atom stereocenters. The van der Waals surface area contributed by atoms with Gasteiger partial charge >= 0.3 is 0 Å². The van der Waals surface area contributed by atoms with Crippen molar-refractivity contribution in [1.82, 2.24) is 19.7 Å². The Bertz CT molecular complexity index is 845. The summed E-state index contributed by atoms with van der Waals surface area (Å²) >= 11 is 0. The van der Waals surface area contributed by atoms with Gasteiger partial charge in [-0.25, -0.2) is 4.98 Å². The number of carbonyl (C=O) groups is 1. The smallest absolute Gasteiger partial charge is 0.219 e. The second kappa shape index (κ2) is 6.63. The van der Waals surface area contributed by atoms with Gasteiger partial charge in [0.15, 0.2) is 5.82 Å². The number of methoxy groups -OCH3 is 1. The van der Waals surface area contributed by atoms with Gasteiger partial charge in [-0.1, -0.05) is 0 Å². The third-order valence-electron chi connectivity index (χ3n) is 5.38. The number of aromatic nitrogens is 3. The molecule has 0 radical (unpaired) electrons. The molecule has 2 aromatic heterocycles. The third kappa shape index (κ3) is 2.71. The normalized spacial score (nSPS) is 16.3. The fourth-order valence-corrected chi connectivity index (χ4v) is 4.01. The van der Waals surface area contributed by atoms with E-state index in [4.69, 9.17) is 9.84 Å². The Balaban J connectivity index is 1.78. The summed E-state index contributed by atoms with van der Waals surface area (Å²) in [5.41, 5.74) is 4.77. The van der Waals surface area contributed by atoms with Gasteiger partial charge in [-0.3, -0.25) is 9.48 Å². The zero-order chi connectivity index (χ0) is 18.3.